The van der Waals surface area contributed by atoms with Crippen LogP contribution in [0.15, 0.2) is 12.7 Å². The van der Waals surface area contributed by atoms with Gasteiger partial charge in [0.25, 0.3) is 0 Å². The molecular formula is C17H26O2. The minimum atomic E-state index is -0.261. The van der Waals surface area contributed by atoms with Crippen LogP contribution >= 0.6 is 0 Å². The highest BCUT2D eigenvalue weighted by molar-refractivity contribution is 5.81. The molecule has 0 heterocycles. The zero-order chi connectivity index (χ0) is 13.5. The predicted octanol–water partition coefficient (Wildman–Crippen LogP) is 3.96. The minimum absolute atomic E-state index is 0.261. The molecule has 106 valence electrons. The summed E-state index contributed by atoms with van der Waals surface area (Å²) in [5.74, 6) is 3.20. The van der Waals surface area contributed by atoms with Gasteiger partial charge in [0.1, 0.15) is 0 Å². The summed E-state index contributed by atoms with van der Waals surface area (Å²) in [7, 11) is 0. The normalized spacial score (nSPS) is 41.0. The Bertz CT molecular complexity index is 336. The second-order valence-corrected chi connectivity index (χ2v) is 7.22. The van der Waals surface area contributed by atoms with Gasteiger partial charge in [-0.2, -0.15) is 0 Å². The highest BCUT2D eigenvalue weighted by atomic mass is 16.5. The monoisotopic (exact) mass is 262 g/mol. The van der Waals surface area contributed by atoms with Crippen LogP contribution in [0, 0.1) is 29.1 Å². The highest BCUT2D eigenvalue weighted by Gasteiger charge is 2.53. The maximum Gasteiger partial charge on any atom is 0.330 e. The summed E-state index contributed by atoms with van der Waals surface area (Å²) in [6, 6.07) is 0. The molecular weight excluding hydrogens is 236 g/mol. The molecule has 19 heavy (non-hydrogen) atoms. The fourth-order valence-electron chi connectivity index (χ4n) is 5.65. The van der Waals surface area contributed by atoms with Gasteiger partial charge < -0.3 is 4.74 Å². The third-order valence-corrected chi connectivity index (χ3v) is 6.04. The molecule has 4 bridgehead atoms. The molecule has 1 atom stereocenters. The molecule has 2 nitrogen and oxygen atoms in total. The Morgan fingerprint density at radius 3 is 2.21 bits per heavy atom. The van der Waals surface area contributed by atoms with Gasteiger partial charge in [0, 0.05) is 6.08 Å². The van der Waals surface area contributed by atoms with Crippen LogP contribution in [0.1, 0.15) is 51.9 Å². The van der Waals surface area contributed by atoms with Gasteiger partial charge >= 0.3 is 5.97 Å². The van der Waals surface area contributed by atoms with Crippen molar-refractivity contribution in [3.05, 3.63) is 12.7 Å². The average Bonchev–Trinajstić information content (AvgIpc) is 2.37. The molecule has 0 N–H and O–H groups in total. The van der Waals surface area contributed by atoms with Crippen molar-refractivity contribution in [3.8, 4) is 0 Å². The number of rotatable bonds is 5. The van der Waals surface area contributed by atoms with Crippen LogP contribution in [-0.4, -0.2) is 12.6 Å². The lowest BCUT2D eigenvalue weighted by Gasteiger charge is -2.59. The summed E-state index contributed by atoms with van der Waals surface area (Å²) in [5, 5.41) is 0. The molecule has 4 aliphatic rings. The predicted molar refractivity (Wildman–Crippen MR) is 75.5 cm³/mol. The Labute approximate surface area is 116 Å². The third-order valence-electron chi connectivity index (χ3n) is 6.04. The van der Waals surface area contributed by atoms with Gasteiger partial charge in [0.2, 0.25) is 0 Å². The first kappa shape index (κ1) is 13.2. The van der Waals surface area contributed by atoms with Crippen LogP contribution in [0.3, 0.4) is 0 Å². The molecule has 4 fully saturated rings. The second kappa shape index (κ2) is 4.96. The first-order valence-corrected chi connectivity index (χ1v) is 7.94. The zero-order valence-electron chi connectivity index (χ0n) is 12.1. The smallest absolute Gasteiger partial charge is 0.330 e. The molecule has 0 amide bonds. The molecule has 0 aromatic heterocycles. The van der Waals surface area contributed by atoms with Gasteiger partial charge in [0.15, 0.2) is 0 Å². The van der Waals surface area contributed by atoms with Crippen LogP contribution in [0.4, 0.5) is 0 Å². The van der Waals surface area contributed by atoms with Crippen LogP contribution in [0.25, 0.3) is 0 Å². The van der Waals surface area contributed by atoms with Gasteiger partial charge in [-0.3, -0.25) is 0 Å². The van der Waals surface area contributed by atoms with Crippen molar-refractivity contribution in [3.63, 3.8) is 0 Å². The van der Waals surface area contributed by atoms with Gasteiger partial charge in [-0.15, -0.1) is 0 Å². The van der Waals surface area contributed by atoms with Crippen molar-refractivity contribution >= 4 is 5.97 Å². The lowest BCUT2D eigenvalue weighted by molar-refractivity contribution is -0.146. The topological polar surface area (TPSA) is 26.3 Å². The summed E-state index contributed by atoms with van der Waals surface area (Å²) >= 11 is 0. The Morgan fingerprint density at radius 1 is 1.26 bits per heavy atom. The largest absolute Gasteiger partial charge is 0.462 e. The van der Waals surface area contributed by atoms with E-state index in [-0.39, 0.29) is 5.97 Å². The number of carbonyl (C=O) groups excluding carboxylic acids is 1. The Hall–Kier alpha value is -0.790. The fourth-order valence-corrected chi connectivity index (χ4v) is 5.65. The molecule has 4 aliphatic carbocycles. The third kappa shape index (κ3) is 2.34. The molecule has 0 aliphatic heterocycles. The van der Waals surface area contributed by atoms with E-state index < -0.39 is 0 Å². The van der Waals surface area contributed by atoms with Crippen molar-refractivity contribution in [2.45, 2.75) is 51.9 Å². The highest BCUT2D eigenvalue weighted by Crippen LogP contribution is 2.63. The number of esters is 1. The fraction of sp³-hybridized carbons (Fsp3) is 0.824. The minimum Gasteiger partial charge on any atom is -0.462 e. The summed E-state index contributed by atoms with van der Waals surface area (Å²) < 4.78 is 5.38. The maximum absolute atomic E-state index is 11.3. The Balaban J connectivity index is 1.71. The SMILES string of the molecule is C=CC(=O)OCC(CC)C12CC3CC(CC(C3)C1)C2. The van der Waals surface area contributed by atoms with E-state index in [2.05, 4.69) is 13.5 Å². The second-order valence-electron chi connectivity index (χ2n) is 7.22. The first-order chi connectivity index (χ1) is 9.15. The van der Waals surface area contributed by atoms with E-state index in [1.165, 1.54) is 44.6 Å². The number of hydrogen-bond acceptors (Lipinski definition) is 2. The average molecular weight is 262 g/mol. The van der Waals surface area contributed by atoms with Crippen LogP contribution in [0.5, 0.6) is 0 Å². The van der Waals surface area contributed by atoms with Gasteiger partial charge in [-0.1, -0.05) is 13.5 Å². The van der Waals surface area contributed by atoms with Gasteiger partial charge in [-0.05, 0) is 74.0 Å². The van der Waals surface area contributed by atoms with Gasteiger partial charge in [-0.25, -0.2) is 4.79 Å². The number of hydrogen-bond donors (Lipinski definition) is 0. The van der Waals surface area contributed by atoms with Gasteiger partial charge in [0.05, 0.1) is 6.61 Å². The zero-order valence-corrected chi connectivity index (χ0v) is 12.1. The maximum atomic E-state index is 11.3. The molecule has 4 rings (SSSR count). The lowest BCUT2D eigenvalue weighted by atomic mass is 9.46. The molecule has 1 unspecified atom stereocenters. The number of carbonyl (C=O) groups is 1. The Kier molecular flexibility index (Phi) is 3.44. The van der Waals surface area contributed by atoms with E-state index in [0.717, 1.165) is 24.2 Å². The summed E-state index contributed by atoms with van der Waals surface area (Å²) in [6.07, 6.45) is 11.0. The van der Waals surface area contributed by atoms with E-state index in [0.29, 0.717) is 17.9 Å². The quantitative estimate of drug-likeness (QED) is 0.554. The Morgan fingerprint density at radius 2 is 1.79 bits per heavy atom. The van der Waals surface area contributed by atoms with E-state index >= 15 is 0 Å². The number of ether oxygens (including phenoxy) is 1. The molecule has 4 saturated carbocycles. The molecule has 2 heteroatoms. The molecule has 0 aromatic rings. The first-order valence-electron chi connectivity index (χ1n) is 7.94. The standard InChI is InChI=1S/C17H26O2/c1-3-15(11-19-16(18)4-2)17-8-12-5-13(9-17)7-14(6-12)10-17/h4,12-15H,2-3,5-11H2,1H3. The van der Waals surface area contributed by atoms with Crippen molar-refractivity contribution in [2.75, 3.05) is 6.61 Å². The van der Waals surface area contributed by atoms with E-state index in [1.54, 1.807) is 0 Å². The van der Waals surface area contributed by atoms with Crippen LogP contribution in [-0.2, 0) is 9.53 Å². The van der Waals surface area contributed by atoms with Crippen LogP contribution < -0.4 is 0 Å². The van der Waals surface area contributed by atoms with Crippen molar-refractivity contribution in [2.24, 2.45) is 29.1 Å². The van der Waals surface area contributed by atoms with Crippen molar-refractivity contribution < 1.29 is 9.53 Å². The van der Waals surface area contributed by atoms with Crippen LogP contribution in [0.2, 0.25) is 0 Å². The molecule has 0 aromatic carbocycles. The molecule has 0 saturated heterocycles. The summed E-state index contributed by atoms with van der Waals surface area (Å²) in [5.41, 5.74) is 0.491. The van der Waals surface area contributed by atoms with E-state index in [9.17, 15) is 4.79 Å². The molecule has 0 radical (unpaired) electrons. The summed E-state index contributed by atoms with van der Waals surface area (Å²) in [6.45, 7) is 6.34. The van der Waals surface area contributed by atoms with Crippen molar-refractivity contribution in [1.29, 1.82) is 0 Å². The van der Waals surface area contributed by atoms with E-state index in [1.807, 2.05) is 0 Å². The van der Waals surface area contributed by atoms with E-state index in [4.69, 9.17) is 4.74 Å². The lowest BCUT2D eigenvalue weighted by Crippen LogP contribution is -2.50. The van der Waals surface area contributed by atoms with Crippen molar-refractivity contribution in [1.82, 2.24) is 0 Å². The molecule has 0 spiro atoms. The summed E-state index contributed by atoms with van der Waals surface area (Å²) in [4.78, 5) is 11.3.